The lowest BCUT2D eigenvalue weighted by atomic mass is 10.2. The number of benzene rings is 1. The third kappa shape index (κ3) is 5.40. The molecule has 0 aliphatic heterocycles. The van der Waals surface area contributed by atoms with Crippen molar-refractivity contribution in [3.05, 3.63) is 51.4 Å². The summed E-state index contributed by atoms with van der Waals surface area (Å²) in [5, 5.41) is 2.67. The van der Waals surface area contributed by atoms with Gasteiger partial charge >= 0.3 is 5.69 Å². The summed E-state index contributed by atoms with van der Waals surface area (Å²) in [5.41, 5.74) is -0.316. The molecule has 2 aromatic heterocycles. The van der Waals surface area contributed by atoms with Crippen LogP contribution in [0.3, 0.4) is 0 Å². The van der Waals surface area contributed by atoms with E-state index in [-0.39, 0.29) is 22.6 Å². The third-order valence-electron chi connectivity index (χ3n) is 5.30. The molecule has 0 spiro atoms. The third-order valence-corrected chi connectivity index (χ3v) is 6.78. The van der Waals surface area contributed by atoms with E-state index in [0.29, 0.717) is 12.2 Å². The van der Waals surface area contributed by atoms with Crippen molar-refractivity contribution in [3.8, 4) is 0 Å². The zero-order chi connectivity index (χ0) is 24.2. The number of rotatable bonds is 10. The number of nitrogens with one attached hydrogen (secondary N) is 2. The minimum absolute atomic E-state index is 0.112. The molecule has 0 atom stereocenters. The second-order valence-corrected chi connectivity index (χ2v) is 9.55. The lowest BCUT2D eigenvalue weighted by Crippen LogP contribution is -2.37. The molecule has 11 nitrogen and oxygen atoms in total. The molecule has 0 radical (unpaired) electrons. The second-order valence-electron chi connectivity index (χ2n) is 7.78. The Morgan fingerprint density at radius 2 is 1.73 bits per heavy atom. The maximum Gasteiger partial charge on any atom is 0.332 e. The smallest absolute Gasteiger partial charge is 0.325 e. The number of carbonyl (C=O) groups excluding carboxylic acids is 1. The van der Waals surface area contributed by atoms with Crippen molar-refractivity contribution < 1.29 is 13.2 Å². The van der Waals surface area contributed by atoms with E-state index < -0.39 is 27.2 Å². The summed E-state index contributed by atoms with van der Waals surface area (Å²) in [7, 11) is -0.759. The van der Waals surface area contributed by atoms with Crippen LogP contribution in [-0.2, 0) is 35.5 Å². The Bertz CT molecular complexity index is 1370. The molecule has 178 valence electrons. The quantitative estimate of drug-likeness (QED) is 0.418. The van der Waals surface area contributed by atoms with Gasteiger partial charge in [-0.3, -0.25) is 18.7 Å². The number of aromatic nitrogens is 4. The number of hydrogen-bond donors (Lipinski definition) is 2. The fourth-order valence-electron chi connectivity index (χ4n) is 3.43. The van der Waals surface area contributed by atoms with E-state index >= 15 is 0 Å². The van der Waals surface area contributed by atoms with Gasteiger partial charge in [0.05, 0.1) is 11.2 Å². The van der Waals surface area contributed by atoms with Crippen LogP contribution in [0.5, 0.6) is 0 Å². The van der Waals surface area contributed by atoms with Gasteiger partial charge in [-0.1, -0.05) is 26.2 Å². The Morgan fingerprint density at radius 1 is 1.03 bits per heavy atom. The molecule has 0 aliphatic carbocycles. The Kier molecular flexibility index (Phi) is 7.49. The number of hydrogen-bond acceptors (Lipinski definition) is 6. The van der Waals surface area contributed by atoms with Crippen molar-refractivity contribution >= 4 is 32.8 Å². The SMILES string of the molecule is CCCCCCNS(=O)(=O)c1ccc(NC(=O)Cn2cnc3c2c(=O)n(C)c(=O)n3C)cc1. The first-order valence-corrected chi connectivity index (χ1v) is 12.1. The van der Waals surface area contributed by atoms with E-state index in [0.717, 1.165) is 30.3 Å². The molecular formula is C21H28N6O5S. The molecule has 0 bridgehead atoms. The predicted molar refractivity (Wildman–Crippen MR) is 125 cm³/mol. The highest BCUT2D eigenvalue weighted by atomic mass is 32.2. The van der Waals surface area contributed by atoms with E-state index in [1.54, 1.807) is 0 Å². The number of carbonyl (C=O) groups is 1. The molecule has 33 heavy (non-hydrogen) atoms. The molecule has 0 fully saturated rings. The van der Waals surface area contributed by atoms with Gasteiger partial charge in [0.15, 0.2) is 11.2 Å². The maximum atomic E-state index is 12.5. The van der Waals surface area contributed by atoms with E-state index in [9.17, 15) is 22.8 Å². The van der Waals surface area contributed by atoms with E-state index in [2.05, 4.69) is 21.9 Å². The lowest BCUT2D eigenvalue weighted by molar-refractivity contribution is -0.116. The molecule has 2 N–H and O–H groups in total. The Morgan fingerprint density at radius 3 is 2.39 bits per heavy atom. The van der Waals surface area contributed by atoms with Crippen molar-refractivity contribution in [1.29, 1.82) is 0 Å². The van der Waals surface area contributed by atoms with Gasteiger partial charge in [0.2, 0.25) is 15.9 Å². The largest absolute Gasteiger partial charge is 0.332 e. The van der Waals surface area contributed by atoms with Crippen molar-refractivity contribution in [2.75, 3.05) is 11.9 Å². The topological polar surface area (TPSA) is 137 Å². The summed E-state index contributed by atoms with van der Waals surface area (Å²) in [4.78, 5) is 41.2. The number of unbranched alkanes of at least 4 members (excludes halogenated alkanes) is 3. The van der Waals surface area contributed by atoms with Crippen LogP contribution in [0.15, 0.2) is 45.1 Å². The van der Waals surface area contributed by atoms with Crippen LogP contribution in [0.25, 0.3) is 11.2 Å². The molecule has 1 amide bonds. The Labute approximate surface area is 191 Å². The highest BCUT2D eigenvalue weighted by Gasteiger charge is 2.17. The normalized spacial score (nSPS) is 11.7. The van der Waals surface area contributed by atoms with Crippen LogP contribution >= 0.6 is 0 Å². The highest BCUT2D eigenvalue weighted by Crippen LogP contribution is 2.15. The molecule has 1 aromatic carbocycles. The maximum absolute atomic E-state index is 12.5. The summed E-state index contributed by atoms with van der Waals surface area (Å²) >= 11 is 0. The summed E-state index contributed by atoms with van der Waals surface area (Å²) < 4.78 is 30.9. The molecule has 2 heterocycles. The summed E-state index contributed by atoms with van der Waals surface area (Å²) in [6.07, 6.45) is 5.22. The number of anilines is 1. The van der Waals surface area contributed by atoms with Crippen LogP contribution < -0.4 is 21.3 Å². The van der Waals surface area contributed by atoms with Gasteiger partial charge in [-0.25, -0.2) is 22.9 Å². The molecule has 0 saturated heterocycles. The Balaban J connectivity index is 1.67. The standard InChI is InChI=1S/C21H28N6O5S/c1-4-5-6-7-12-23-33(31,32)16-10-8-15(9-11-16)24-17(28)13-27-14-22-19-18(27)20(29)26(3)21(30)25(19)2/h8-11,14,23H,4-7,12-13H2,1-3H3,(H,24,28). The van der Waals surface area contributed by atoms with Gasteiger partial charge in [0.25, 0.3) is 5.56 Å². The Hall–Kier alpha value is -3.25. The number of amides is 1. The molecular weight excluding hydrogens is 448 g/mol. The molecule has 12 heteroatoms. The van der Waals surface area contributed by atoms with Gasteiger partial charge in [-0.2, -0.15) is 0 Å². The fourth-order valence-corrected chi connectivity index (χ4v) is 4.51. The number of sulfonamides is 1. The second kappa shape index (κ2) is 10.1. The highest BCUT2D eigenvalue weighted by molar-refractivity contribution is 7.89. The van der Waals surface area contributed by atoms with Crippen molar-refractivity contribution in [2.24, 2.45) is 14.1 Å². The van der Waals surface area contributed by atoms with E-state index in [4.69, 9.17) is 0 Å². The van der Waals surface area contributed by atoms with Crippen LogP contribution in [-0.4, -0.2) is 39.6 Å². The molecule has 0 unspecified atom stereocenters. The van der Waals surface area contributed by atoms with Crippen LogP contribution in [0.2, 0.25) is 0 Å². The number of nitrogens with zero attached hydrogens (tertiary/aromatic N) is 4. The van der Waals surface area contributed by atoms with Gasteiger partial charge in [0.1, 0.15) is 6.54 Å². The first-order chi connectivity index (χ1) is 15.7. The zero-order valence-corrected chi connectivity index (χ0v) is 19.7. The van der Waals surface area contributed by atoms with Crippen molar-refractivity contribution in [2.45, 2.75) is 44.0 Å². The van der Waals surface area contributed by atoms with Gasteiger partial charge < -0.3 is 9.88 Å². The fraction of sp³-hybridized carbons (Fsp3) is 0.429. The van der Waals surface area contributed by atoms with E-state index in [1.165, 1.54) is 53.8 Å². The van der Waals surface area contributed by atoms with Crippen molar-refractivity contribution in [1.82, 2.24) is 23.4 Å². The number of fused-ring (bicyclic) bond motifs is 1. The summed E-state index contributed by atoms with van der Waals surface area (Å²) in [6, 6.07) is 5.83. The summed E-state index contributed by atoms with van der Waals surface area (Å²) in [5.74, 6) is -0.435. The summed E-state index contributed by atoms with van der Waals surface area (Å²) in [6.45, 7) is 2.26. The van der Waals surface area contributed by atoms with Gasteiger partial charge in [-0.15, -0.1) is 0 Å². The van der Waals surface area contributed by atoms with Gasteiger partial charge in [-0.05, 0) is 30.7 Å². The van der Waals surface area contributed by atoms with Gasteiger partial charge in [0, 0.05) is 26.3 Å². The van der Waals surface area contributed by atoms with Crippen molar-refractivity contribution in [3.63, 3.8) is 0 Å². The zero-order valence-electron chi connectivity index (χ0n) is 18.9. The number of imidazole rings is 1. The minimum Gasteiger partial charge on any atom is -0.325 e. The minimum atomic E-state index is -3.61. The average Bonchev–Trinajstić information content (AvgIpc) is 3.20. The molecule has 0 saturated carbocycles. The average molecular weight is 477 g/mol. The predicted octanol–water partition coefficient (Wildman–Crippen LogP) is 0.931. The molecule has 0 aliphatic rings. The number of aryl methyl sites for hydroxylation is 1. The first-order valence-electron chi connectivity index (χ1n) is 10.7. The van der Waals surface area contributed by atoms with Crippen LogP contribution in [0.1, 0.15) is 32.6 Å². The van der Waals surface area contributed by atoms with Crippen LogP contribution in [0.4, 0.5) is 5.69 Å². The van der Waals surface area contributed by atoms with Crippen LogP contribution in [0, 0.1) is 0 Å². The molecule has 3 aromatic rings. The monoisotopic (exact) mass is 476 g/mol. The van der Waals surface area contributed by atoms with E-state index in [1.807, 2.05) is 0 Å². The lowest BCUT2D eigenvalue weighted by Gasteiger charge is -2.10. The first kappa shape index (κ1) is 24.4. The molecule has 3 rings (SSSR count).